The van der Waals surface area contributed by atoms with Crippen molar-refractivity contribution in [1.82, 2.24) is 0 Å². The Morgan fingerprint density at radius 2 is 1.67 bits per heavy atom. The smallest absolute Gasteiger partial charge is 0.136 e. The first-order chi connectivity index (χ1) is 10.2. The standard InChI is InChI=1S/C17H17NO3/c1-20-15-7-9-16(10-8-15)21-13-17(19,11-12-18)14-5-3-2-4-6-14/h2-10,19H,11,13H2,1H3. The van der Waals surface area contributed by atoms with Gasteiger partial charge in [-0.2, -0.15) is 5.26 Å². The van der Waals surface area contributed by atoms with Crippen molar-refractivity contribution in [3.8, 4) is 17.6 Å². The fourth-order valence-corrected chi connectivity index (χ4v) is 1.99. The summed E-state index contributed by atoms with van der Waals surface area (Å²) in [4.78, 5) is 0. The van der Waals surface area contributed by atoms with Gasteiger partial charge >= 0.3 is 0 Å². The summed E-state index contributed by atoms with van der Waals surface area (Å²) in [6, 6.07) is 18.2. The van der Waals surface area contributed by atoms with Gasteiger partial charge in [-0.15, -0.1) is 0 Å². The monoisotopic (exact) mass is 283 g/mol. The highest BCUT2D eigenvalue weighted by molar-refractivity contribution is 5.31. The van der Waals surface area contributed by atoms with Crippen LogP contribution in [0.5, 0.6) is 11.5 Å². The molecule has 0 saturated carbocycles. The topological polar surface area (TPSA) is 62.5 Å². The van der Waals surface area contributed by atoms with Gasteiger partial charge in [0.1, 0.15) is 23.7 Å². The van der Waals surface area contributed by atoms with Gasteiger partial charge in [-0.05, 0) is 29.8 Å². The molecule has 2 aromatic carbocycles. The molecule has 0 aliphatic heterocycles. The molecule has 21 heavy (non-hydrogen) atoms. The Morgan fingerprint density at radius 3 is 2.24 bits per heavy atom. The number of benzene rings is 2. The molecule has 4 heteroatoms. The van der Waals surface area contributed by atoms with Gasteiger partial charge < -0.3 is 14.6 Å². The SMILES string of the molecule is COc1ccc(OCC(O)(CC#N)c2ccccc2)cc1. The largest absolute Gasteiger partial charge is 0.497 e. The van der Waals surface area contributed by atoms with Crippen LogP contribution < -0.4 is 9.47 Å². The van der Waals surface area contributed by atoms with Crippen LogP contribution in [-0.4, -0.2) is 18.8 Å². The summed E-state index contributed by atoms with van der Waals surface area (Å²) in [5.74, 6) is 1.35. The van der Waals surface area contributed by atoms with Gasteiger partial charge in [-0.25, -0.2) is 0 Å². The highest BCUT2D eigenvalue weighted by atomic mass is 16.5. The van der Waals surface area contributed by atoms with Crippen molar-refractivity contribution in [3.05, 3.63) is 60.2 Å². The first-order valence-electron chi connectivity index (χ1n) is 6.60. The van der Waals surface area contributed by atoms with E-state index in [-0.39, 0.29) is 13.0 Å². The van der Waals surface area contributed by atoms with Crippen molar-refractivity contribution in [1.29, 1.82) is 5.26 Å². The van der Waals surface area contributed by atoms with Gasteiger partial charge in [0.2, 0.25) is 0 Å². The molecule has 0 heterocycles. The van der Waals surface area contributed by atoms with Crippen LogP contribution in [0.3, 0.4) is 0 Å². The van der Waals surface area contributed by atoms with Gasteiger partial charge in [0, 0.05) is 0 Å². The van der Waals surface area contributed by atoms with E-state index in [0.29, 0.717) is 11.3 Å². The molecular weight excluding hydrogens is 266 g/mol. The normalized spacial score (nSPS) is 13.0. The van der Waals surface area contributed by atoms with Gasteiger partial charge in [0.15, 0.2) is 0 Å². The molecule has 0 bridgehead atoms. The van der Waals surface area contributed by atoms with Crippen LogP contribution in [0.2, 0.25) is 0 Å². The minimum absolute atomic E-state index is 0.0108. The maximum absolute atomic E-state index is 10.7. The van der Waals surface area contributed by atoms with Crippen LogP contribution in [0.1, 0.15) is 12.0 Å². The molecule has 0 radical (unpaired) electrons. The summed E-state index contributed by atoms with van der Waals surface area (Å²) in [7, 11) is 1.59. The second kappa shape index (κ2) is 6.78. The fraction of sp³-hybridized carbons (Fsp3) is 0.235. The summed E-state index contributed by atoms with van der Waals surface area (Å²) in [5, 5.41) is 19.6. The van der Waals surface area contributed by atoms with E-state index in [1.54, 1.807) is 43.5 Å². The van der Waals surface area contributed by atoms with E-state index >= 15 is 0 Å². The average molecular weight is 283 g/mol. The highest BCUT2D eigenvalue weighted by Crippen LogP contribution is 2.26. The lowest BCUT2D eigenvalue weighted by Crippen LogP contribution is -2.32. The summed E-state index contributed by atoms with van der Waals surface area (Å²) in [6.07, 6.45) is -0.0346. The molecule has 0 amide bonds. The molecule has 0 aliphatic carbocycles. The third kappa shape index (κ3) is 3.74. The van der Waals surface area contributed by atoms with Crippen molar-refractivity contribution in [2.45, 2.75) is 12.0 Å². The Kier molecular flexibility index (Phi) is 4.81. The zero-order chi connectivity index (χ0) is 15.1. The first kappa shape index (κ1) is 14.9. The molecule has 2 aromatic rings. The van der Waals surface area contributed by atoms with Crippen molar-refractivity contribution in [2.75, 3.05) is 13.7 Å². The van der Waals surface area contributed by atoms with E-state index in [1.165, 1.54) is 0 Å². The Hall–Kier alpha value is -2.51. The van der Waals surface area contributed by atoms with Crippen molar-refractivity contribution >= 4 is 0 Å². The highest BCUT2D eigenvalue weighted by Gasteiger charge is 2.30. The average Bonchev–Trinajstić information content (AvgIpc) is 2.54. The molecule has 0 saturated heterocycles. The van der Waals surface area contributed by atoms with Gasteiger partial charge in [0.25, 0.3) is 0 Å². The third-order valence-electron chi connectivity index (χ3n) is 3.22. The van der Waals surface area contributed by atoms with E-state index in [0.717, 1.165) is 5.75 Å². The van der Waals surface area contributed by atoms with E-state index < -0.39 is 5.60 Å². The Morgan fingerprint density at radius 1 is 1.05 bits per heavy atom. The predicted molar refractivity (Wildman–Crippen MR) is 79.1 cm³/mol. The van der Waals surface area contributed by atoms with Crippen LogP contribution in [0.15, 0.2) is 54.6 Å². The molecule has 1 atom stereocenters. The Labute approximate surface area is 124 Å². The summed E-state index contributed by atoms with van der Waals surface area (Å²) >= 11 is 0. The Balaban J connectivity index is 2.11. The molecule has 0 fully saturated rings. The molecule has 0 aliphatic rings. The molecule has 0 spiro atoms. The van der Waals surface area contributed by atoms with E-state index in [1.807, 2.05) is 24.3 Å². The van der Waals surface area contributed by atoms with Crippen molar-refractivity contribution < 1.29 is 14.6 Å². The molecule has 108 valence electrons. The first-order valence-corrected chi connectivity index (χ1v) is 6.60. The number of nitriles is 1. The maximum atomic E-state index is 10.7. The van der Waals surface area contributed by atoms with Gasteiger partial charge in [-0.3, -0.25) is 0 Å². The molecule has 4 nitrogen and oxygen atoms in total. The molecule has 1 unspecified atom stereocenters. The summed E-state index contributed by atoms with van der Waals surface area (Å²) in [5.41, 5.74) is -0.657. The number of aliphatic hydroxyl groups is 1. The van der Waals surface area contributed by atoms with Gasteiger partial charge in [0.05, 0.1) is 19.6 Å². The predicted octanol–water partition coefficient (Wildman–Crippen LogP) is 2.88. The molecular formula is C17H17NO3. The van der Waals surface area contributed by atoms with Crippen molar-refractivity contribution in [2.24, 2.45) is 0 Å². The van der Waals surface area contributed by atoms with Gasteiger partial charge in [-0.1, -0.05) is 30.3 Å². The van der Waals surface area contributed by atoms with Crippen LogP contribution in [0.4, 0.5) is 0 Å². The molecule has 0 aromatic heterocycles. The summed E-state index contributed by atoms with van der Waals surface area (Å²) in [6.45, 7) is 0.0108. The summed E-state index contributed by atoms with van der Waals surface area (Å²) < 4.78 is 10.7. The second-order valence-corrected chi connectivity index (χ2v) is 4.70. The zero-order valence-electron chi connectivity index (χ0n) is 11.8. The lowest BCUT2D eigenvalue weighted by atomic mass is 9.92. The number of methoxy groups -OCH3 is 1. The van der Waals surface area contributed by atoms with E-state index in [9.17, 15) is 5.11 Å². The maximum Gasteiger partial charge on any atom is 0.136 e. The fourth-order valence-electron chi connectivity index (χ4n) is 1.99. The van der Waals surface area contributed by atoms with Crippen LogP contribution in [0.25, 0.3) is 0 Å². The lowest BCUT2D eigenvalue weighted by molar-refractivity contribution is -0.00555. The third-order valence-corrected chi connectivity index (χ3v) is 3.22. The Bertz CT molecular complexity index is 604. The minimum Gasteiger partial charge on any atom is -0.497 e. The lowest BCUT2D eigenvalue weighted by Gasteiger charge is -2.26. The quantitative estimate of drug-likeness (QED) is 0.885. The second-order valence-electron chi connectivity index (χ2n) is 4.70. The zero-order valence-corrected chi connectivity index (χ0v) is 11.8. The van der Waals surface area contributed by atoms with Crippen molar-refractivity contribution in [3.63, 3.8) is 0 Å². The minimum atomic E-state index is -1.32. The number of nitrogens with zero attached hydrogens (tertiary/aromatic N) is 1. The van der Waals surface area contributed by atoms with Crippen LogP contribution in [-0.2, 0) is 5.60 Å². The number of hydrogen-bond donors (Lipinski definition) is 1. The molecule has 2 rings (SSSR count). The molecule has 1 N–H and O–H groups in total. The number of hydrogen-bond acceptors (Lipinski definition) is 4. The number of rotatable bonds is 6. The number of ether oxygens (including phenoxy) is 2. The van der Waals surface area contributed by atoms with Crippen LogP contribution in [0, 0.1) is 11.3 Å². The van der Waals surface area contributed by atoms with Crippen LogP contribution >= 0.6 is 0 Å². The van der Waals surface area contributed by atoms with E-state index in [4.69, 9.17) is 14.7 Å². The van der Waals surface area contributed by atoms with E-state index in [2.05, 4.69) is 0 Å².